The van der Waals surface area contributed by atoms with Gasteiger partial charge in [0.05, 0.1) is 18.8 Å². The minimum Gasteiger partial charge on any atom is -0.392 e. The summed E-state index contributed by atoms with van der Waals surface area (Å²) in [7, 11) is 1.94. The predicted octanol–water partition coefficient (Wildman–Crippen LogP) is 4.77. The smallest absolute Gasteiger partial charge is 0.190 e. The summed E-state index contributed by atoms with van der Waals surface area (Å²) in [5.74, 6) is 0.738. The lowest BCUT2D eigenvalue weighted by atomic mass is 9.99. The van der Waals surface area contributed by atoms with Gasteiger partial charge in [-0.3, -0.25) is 0 Å². The number of aryl methyl sites for hydroxylation is 1. The largest absolute Gasteiger partial charge is 0.392 e. The summed E-state index contributed by atoms with van der Waals surface area (Å²) in [6.45, 7) is 0.541. The predicted molar refractivity (Wildman–Crippen MR) is 140 cm³/mol. The molecule has 3 aromatic carbocycles. The molecule has 0 bridgehead atoms. The highest BCUT2D eigenvalue weighted by atomic mass is 32.2. The lowest BCUT2D eigenvalue weighted by Gasteiger charge is -2.36. The first-order valence-corrected chi connectivity index (χ1v) is 13.0. The Balaban J connectivity index is 1.36. The van der Waals surface area contributed by atoms with Crippen molar-refractivity contribution in [3.05, 3.63) is 101 Å². The Labute approximate surface area is 215 Å². The van der Waals surface area contributed by atoms with Gasteiger partial charge in [0.25, 0.3) is 0 Å². The van der Waals surface area contributed by atoms with Crippen LogP contribution in [0.1, 0.15) is 41.1 Å². The Hall–Kier alpha value is -3.01. The maximum atomic E-state index is 9.42. The van der Waals surface area contributed by atoms with Crippen molar-refractivity contribution in [1.82, 2.24) is 14.8 Å². The molecule has 186 valence electrons. The lowest BCUT2D eigenvalue weighted by molar-refractivity contribution is -0.245. The molecule has 7 nitrogen and oxygen atoms in total. The summed E-state index contributed by atoms with van der Waals surface area (Å²) < 4.78 is 14.8. The van der Waals surface area contributed by atoms with E-state index in [2.05, 4.69) is 46.6 Å². The first-order valence-electron chi connectivity index (χ1n) is 12.0. The van der Waals surface area contributed by atoms with Crippen LogP contribution in [0, 0.1) is 0 Å². The molecular formula is C28H30N4O3S. The van der Waals surface area contributed by atoms with Gasteiger partial charge in [-0.15, -0.1) is 10.2 Å². The maximum absolute atomic E-state index is 9.42. The molecule has 0 unspecified atom stereocenters. The minimum absolute atomic E-state index is 0.0229. The van der Waals surface area contributed by atoms with Crippen LogP contribution in [-0.4, -0.2) is 31.7 Å². The van der Waals surface area contributed by atoms with Crippen LogP contribution < -0.4 is 5.73 Å². The topological polar surface area (TPSA) is 95.4 Å². The first kappa shape index (κ1) is 24.7. The van der Waals surface area contributed by atoms with Gasteiger partial charge in [0.1, 0.15) is 6.33 Å². The van der Waals surface area contributed by atoms with Crippen molar-refractivity contribution < 1.29 is 14.6 Å². The zero-order chi connectivity index (χ0) is 24.9. The molecule has 3 atom stereocenters. The Morgan fingerprint density at radius 2 is 1.75 bits per heavy atom. The molecule has 0 amide bonds. The molecule has 0 radical (unpaired) electrons. The summed E-state index contributed by atoms with van der Waals surface area (Å²) in [6.07, 6.45) is 1.78. The van der Waals surface area contributed by atoms with Crippen molar-refractivity contribution in [3.63, 3.8) is 0 Å². The number of rotatable bonds is 8. The van der Waals surface area contributed by atoms with E-state index >= 15 is 0 Å². The van der Waals surface area contributed by atoms with Crippen LogP contribution in [0.5, 0.6) is 0 Å². The van der Waals surface area contributed by atoms with Crippen molar-refractivity contribution in [2.24, 2.45) is 12.8 Å². The van der Waals surface area contributed by atoms with E-state index in [9.17, 15) is 5.11 Å². The normalized spacial score (nSPS) is 19.9. The second-order valence-corrected chi connectivity index (χ2v) is 9.90. The molecule has 1 saturated heterocycles. The van der Waals surface area contributed by atoms with Crippen LogP contribution in [-0.2, 0) is 29.7 Å². The number of nitrogens with two attached hydrogens (primary N) is 1. The quantitative estimate of drug-likeness (QED) is 0.335. The summed E-state index contributed by atoms with van der Waals surface area (Å²) in [6, 6.07) is 24.5. The Morgan fingerprint density at radius 1 is 0.972 bits per heavy atom. The third kappa shape index (κ3) is 5.69. The molecular weight excluding hydrogens is 472 g/mol. The zero-order valence-electron chi connectivity index (χ0n) is 20.2. The van der Waals surface area contributed by atoms with Gasteiger partial charge in [0, 0.05) is 31.3 Å². The number of hydrogen-bond donors (Lipinski definition) is 2. The summed E-state index contributed by atoms with van der Waals surface area (Å²) in [5, 5.41) is 18.4. The molecule has 0 saturated carbocycles. The summed E-state index contributed by atoms with van der Waals surface area (Å²) >= 11 is 1.63. The molecule has 8 heteroatoms. The fraction of sp³-hybridized carbons (Fsp3) is 0.286. The standard InChI is InChI=1S/C28H30N4O3S/c1-32-18-30-31-28(32)36-17-25-14-26(22-7-5-19(16-33)6-8-22)35-27(34-25)23-11-9-21(10-12-23)24-4-2-3-20(13-24)15-29/h2-13,18,25-27,33H,14-17,29H2,1H3/t25-,26+,27+/m0/s1. The third-order valence-corrected chi connectivity index (χ3v) is 7.53. The summed E-state index contributed by atoms with van der Waals surface area (Å²) in [5.41, 5.74) is 12.1. The van der Waals surface area contributed by atoms with Crippen LogP contribution in [0.15, 0.2) is 84.3 Å². The number of benzene rings is 3. The maximum Gasteiger partial charge on any atom is 0.190 e. The second-order valence-electron chi connectivity index (χ2n) is 8.91. The SMILES string of the molecule is Cn1cnnc1SC[C@@H]1C[C@H](c2ccc(CO)cc2)O[C@H](c2ccc(-c3cccc(CN)c3)cc2)O1. The highest BCUT2D eigenvalue weighted by Crippen LogP contribution is 2.39. The molecule has 0 aliphatic carbocycles. The van der Waals surface area contributed by atoms with Gasteiger partial charge in [-0.05, 0) is 33.9 Å². The molecule has 5 rings (SSSR count). The Bertz CT molecular complexity index is 1280. The monoisotopic (exact) mass is 502 g/mol. The van der Waals surface area contributed by atoms with Gasteiger partial charge in [-0.25, -0.2) is 0 Å². The second kappa shape index (κ2) is 11.4. The number of aliphatic hydroxyl groups excluding tert-OH is 1. The van der Waals surface area contributed by atoms with E-state index in [1.165, 1.54) is 0 Å². The number of thioether (sulfide) groups is 1. The van der Waals surface area contributed by atoms with Crippen molar-refractivity contribution in [1.29, 1.82) is 0 Å². The molecule has 0 spiro atoms. The number of hydrogen-bond acceptors (Lipinski definition) is 7. The van der Waals surface area contributed by atoms with E-state index in [1.807, 2.05) is 48.0 Å². The van der Waals surface area contributed by atoms with Gasteiger partial charge >= 0.3 is 0 Å². The van der Waals surface area contributed by atoms with Crippen LogP contribution in [0.4, 0.5) is 0 Å². The van der Waals surface area contributed by atoms with Gasteiger partial charge in [-0.1, -0.05) is 78.5 Å². The minimum atomic E-state index is -0.490. The van der Waals surface area contributed by atoms with Crippen LogP contribution in [0.3, 0.4) is 0 Å². The fourth-order valence-electron chi connectivity index (χ4n) is 4.30. The van der Waals surface area contributed by atoms with Crippen molar-refractivity contribution in [2.75, 3.05) is 5.75 Å². The Kier molecular flexibility index (Phi) is 7.79. The lowest BCUT2D eigenvalue weighted by Crippen LogP contribution is -2.31. The average molecular weight is 503 g/mol. The third-order valence-electron chi connectivity index (χ3n) is 6.36. The number of aliphatic hydroxyl groups is 1. The van der Waals surface area contributed by atoms with Crippen molar-refractivity contribution in [3.8, 4) is 11.1 Å². The van der Waals surface area contributed by atoms with Crippen molar-refractivity contribution in [2.45, 2.75) is 43.2 Å². The molecule has 36 heavy (non-hydrogen) atoms. The van der Waals surface area contributed by atoms with E-state index in [-0.39, 0.29) is 18.8 Å². The van der Waals surface area contributed by atoms with Gasteiger partial charge in [-0.2, -0.15) is 0 Å². The molecule has 4 aromatic rings. The first-order chi connectivity index (χ1) is 17.6. The van der Waals surface area contributed by atoms with Gasteiger partial charge in [0.15, 0.2) is 11.4 Å². The van der Waals surface area contributed by atoms with Crippen LogP contribution >= 0.6 is 11.8 Å². The fourth-order valence-corrected chi connectivity index (χ4v) is 5.21. The van der Waals surface area contributed by atoms with E-state index in [1.54, 1.807) is 18.1 Å². The van der Waals surface area contributed by atoms with E-state index in [0.717, 1.165) is 50.7 Å². The number of nitrogens with zero attached hydrogens (tertiary/aromatic N) is 3. The number of ether oxygens (including phenoxy) is 2. The average Bonchev–Trinajstić information content (AvgIpc) is 3.36. The highest BCUT2D eigenvalue weighted by Gasteiger charge is 2.32. The molecule has 1 aliphatic heterocycles. The molecule has 1 aliphatic rings. The number of aromatic nitrogens is 3. The molecule has 1 aromatic heterocycles. The van der Waals surface area contributed by atoms with E-state index < -0.39 is 6.29 Å². The molecule has 2 heterocycles. The van der Waals surface area contributed by atoms with E-state index in [0.29, 0.717) is 6.54 Å². The van der Waals surface area contributed by atoms with Gasteiger partial charge < -0.3 is 24.9 Å². The van der Waals surface area contributed by atoms with Crippen LogP contribution in [0.25, 0.3) is 11.1 Å². The molecule has 3 N–H and O–H groups in total. The zero-order valence-corrected chi connectivity index (χ0v) is 21.0. The van der Waals surface area contributed by atoms with Gasteiger partial charge in [0.2, 0.25) is 0 Å². The Morgan fingerprint density at radius 3 is 2.44 bits per heavy atom. The molecule has 1 fully saturated rings. The highest BCUT2D eigenvalue weighted by molar-refractivity contribution is 7.99. The summed E-state index contributed by atoms with van der Waals surface area (Å²) in [4.78, 5) is 0. The van der Waals surface area contributed by atoms with Crippen LogP contribution in [0.2, 0.25) is 0 Å². The van der Waals surface area contributed by atoms with E-state index in [4.69, 9.17) is 15.2 Å². The van der Waals surface area contributed by atoms with Crippen molar-refractivity contribution >= 4 is 11.8 Å².